The normalized spacial score (nSPS) is 9.08. The molecule has 0 aromatic rings. The Labute approximate surface area is 77.0 Å². The molecule has 0 bridgehead atoms. The van der Waals surface area contributed by atoms with Crippen molar-refractivity contribution in [1.29, 1.82) is 0 Å². The van der Waals surface area contributed by atoms with E-state index < -0.39 is 18.9 Å². The number of hydrogen-bond donors (Lipinski definition) is 0. The van der Waals surface area contributed by atoms with Crippen molar-refractivity contribution in [3.63, 3.8) is 0 Å². The fourth-order valence-electron chi connectivity index (χ4n) is 0.519. The van der Waals surface area contributed by atoms with Crippen LogP contribution in [0.15, 0.2) is 0 Å². The van der Waals surface area contributed by atoms with Crippen molar-refractivity contribution in [3.8, 4) is 0 Å². The monoisotopic (exact) mass is 189 g/mol. The average molecular weight is 189 g/mol. The van der Waals surface area contributed by atoms with Gasteiger partial charge >= 0.3 is 12.1 Å². The Bertz CT molecular complexity index is 148. The second-order valence-electron chi connectivity index (χ2n) is 2.07. The van der Waals surface area contributed by atoms with E-state index in [4.69, 9.17) is 0 Å². The highest BCUT2D eigenvalue weighted by molar-refractivity contribution is 5.69. The summed E-state index contributed by atoms with van der Waals surface area (Å²) in [5, 5.41) is 0. The molecule has 0 amide bonds. The number of carbonyl (C=O) groups is 2. The van der Waals surface area contributed by atoms with Crippen molar-refractivity contribution < 1.29 is 23.8 Å². The molecule has 75 valence electrons. The van der Waals surface area contributed by atoms with Crippen LogP contribution in [0.1, 0.15) is 19.8 Å². The zero-order valence-corrected chi connectivity index (χ0v) is 7.58. The average Bonchev–Trinajstić information content (AvgIpc) is 2.05. The zero-order chi connectivity index (χ0) is 10.1. The topological polar surface area (TPSA) is 61.8 Å². The molecular formula is C8H13O5. The predicted molar refractivity (Wildman–Crippen MR) is 43.7 cm³/mol. The molecule has 0 heterocycles. The van der Waals surface area contributed by atoms with Gasteiger partial charge in [0.15, 0.2) is 0 Å². The van der Waals surface area contributed by atoms with E-state index in [1.54, 1.807) is 6.92 Å². The Balaban J connectivity index is 3.33. The van der Waals surface area contributed by atoms with Crippen molar-refractivity contribution in [2.45, 2.75) is 19.8 Å². The summed E-state index contributed by atoms with van der Waals surface area (Å²) < 4.78 is 13.3. The molecule has 0 aromatic heterocycles. The molecule has 0 N–H and O–H groups in total. The molecule has 13 heavy (non-hydrogen) atoms. The highest BCUT2D eigenvalue weighted by Crippen LogP contribution is 1.92. The number of rotatable bonds is 5. The van der Waals surface area contributed by atoms with Gasteiger partial charge < -0.3 is 14.2 Å². The summed E-state index contributed by atoms with van der Waals surface area (Å²) in [4.78, 5) is 21.2. The fraction of sp³-hybridized carbons (Fsp3) is 0.625. The maximum atomic E-state index is 10.7. The largest absolute Gasteiger partial charge is 0.511 e. The van der Waals surface area contributed by atoms with Gasteiger partial charge in [0, 0.05) is 6.42 Å². The third kappa shape index (κ3) is 7.11. The van der Waals surface area contributed by atoms with Gasteiger partial charge in [-0.3, -0.25) is 4.79 Å². The van der Waals surface area contributed by atoms with Crippen LogP contribution in [0.3, 0.4) is 0 Å². The summed E-state index contributed by atoms with van der Waals surface area (Å²) in [7, 11) is 0. The first-order valence-electron chi connectivity index (χ1n) is 3.95. The van der Waals surface area contributed by atoms with Crippen LogP contribution in [0.25, 0.3) is 0 Å². The van der Waals surface area contributed by atoms with Crippen LogP contribution in [0, 0.1) is 6.92 Å². The van der Waals surface area contributed by atoms with E-state index in [0.717, 1.165) is 0 Å². The summed E-state index contributed by atoms with van der Waals surface area (Å²) in [6, 6.07) is 0. The molecule has 0 saturated heterocycles. The Kier molecular flexibility index (Phi) is 6.68. The lowest BCUT2D eigenvalue weighted by Crippen LogP contribution is -2.13. The molecule has 0 aliphatic carbocycles. The maximum Gasteiger partial charge on any atom is 0.511 e. The minimum absolute atomic E-state index is 0.214. The molecule has 0 fully saturated rings. The van der Waals surface area contributed by atoms with Crippen LogP contribution in [-0.4, -0.2) is 25.5 Å². The first kappa shape index (κ1) is 11.7. The molecule has 0 aliphatic heterocycles. The molecule has 1 radical (unpaired) electrons. The van der Waals surface area contributed by atoms with Gasteiger partial charge in [0.05, 0.1) is 6.61 Å². The van der Waals surface area contributed by atoms with Crippen LogP contribution in [0.2, 0.25) is 0 Å². The molecule has 5 nitrogen and oxygen atoms in total. The molecule has 0 unspecified atom stereocenters. The van der Waals surface area contributed by atoms with Gasteiger partial charge in [0.2, 0.25) is 6.79 Å². The lowest BCUT2D eigenvalue weighted by molar-refractivity contribution is -0.153. The smallest absolute Gasteiger partial charge is 0.435 e. The lowest BCUT2D eigenvalue weighted by Gasteiger charge is -2.04. The highest BCUT2D eigenvalue weighted by Gasteiger charge is 2.04. The summed E-state index contributed by atoms with van der Waals surface area (Å²) in [5.74, 6) is -0.445. The molecule has 0 aromatic carbocycles. The van der Waals surface area contributed by atoms with E-state index in [1.807, 2.05) is 0 Å². The molecule has 0 aliphatic rings. The fourth-order valence-corrected chi connectivity index (χ4v) is 0.519. The van der Waals surface area contributed by atoms with Crippen molar-refractivity contribution in [2.24, 2.45) is 0 Å². The summed E-state index contributed by atoms with van der Waals surface area (Å²) in [6.07, 6.45) is -0.172. The number of carbonyl (C=O) groups excluding carboxylic acids is 2. The van der Waals surface area contributed by atoms with Crippen molar-refractivity contribution in [2.75, 3.05) is 13.4 Å². The molecule has 5 heteroatoms. The summed E-state index contributed by atoms with van der Waals surface area (Å²) in [5.41, 5.74) is 0. The Morgan fingerprint density at radius 3 is 2.46 bits per heavy atom. The van der Waals surface area contributed by atoms with Gasteiger partial charge in [-0.05, 0) is 13.3 Å². The number of ether oxygens (including phenoxy) is 3. The summed E-state index contributed by atoms with van der Waals surface area (Å²) in [6.45, 7) is 4.94. The third-order valence-electron chi connectivity index (χ3n) is 1.04. The van der Waals surface area contributed by atoms with Crippen molar-refractivity contribution in [3.05, 3.63) is 6.92 Å². The lowest BCUT2D eigenvalue weighted by atomic mass is 10.3. The van der Waals surface area contributed by atoms with Crippen LogP contribution < -0.4 is 0 Å². The van der Waals surface area contributed by atoms with Gasteiger partial charge in [-0.15, -0.1) is 0 Å². The molecule has 0 atom stereocenters. The molecule has 0 spiro atoms. The minimum Gasteiger partial charge on any atom is -0.435 e. The van der Waals surface area contributed by atoms with Crippen molar-refractivity contribution in [1.82, 2.24) is 0 Å². The Hall–Kier alpha value is -1.26. The number of hydrogen-bond acceptors (Lipinski definition) is 5. The van der Waals surface area contributed by atoms with Gasteiger partial charge in [-0.25, -0.2) is 4.79 Å². The molecular weight excluding hydrogens is 176 g/mol. The van der Waals surface area contributed by atoms with E-state index in [0.29, 0.717) is 6.42 Å². The summed E-state index contributed by atoms with van der Waals surface area (Å²) >= 11 is 0. The first-order valence-corrected chi connectivity index (χ1v) is 3.95. The van der Waals surface area contributed by atoms with Crippen LogP contribution in [-0.2, 0) is 19.0 Å². The quantitative estimate of drug-likeness (QED) is 0.481. The minimum atomic E-state index is -0.843. The standard InChI is InChI=1S/C8H13O5/c1-3-5-7(9)12-6-13-8(10)11-4-2/h1,3-6H2,2H3. The second-order valence-corrected chi connectivity index (χ2v) is 2.07. The Morgan fingerprint density at radius 2 is 1.92 bits per heavy atom. The van der Waals surface area contributed by atoms with E-state index in [1.165, 1.54) is 0 Å². The van der Waals surface area contributed by atoms with Crippen LogP contribution in [0.5, 0.6) is 0 Å². The van der Waals surface area contributed by atoms with Gasteiger partial charge in [0.25, 0.3) is 0 Å². The predicted octanol–water partition coefficient (Wildman–Crippen LogP) is 1.27. The van der Waals surface area contributed by atoms with Gasteiger partial charge in [0.1, 0.15) is 0 Å². The maximum absolute atomic E-state index is 10.7. The van der Waals surface area contributed by atoms with Crippen molar-refractivity contribution >= 4 is 12.1 Å². The van der Waals surface area contributed by atoms with E-state index in [2.05, 4.69) is 21.1 Å². The zero-order valence-electron chi connectivity index (χ0n) is 7.58. The highest BCUT2D eigenvalue weighted by atomic mass is 16.8. The van der Waals surface area contributed by atoms with E-state index in [-0.39, 0.29) is 13.0 Å². The second kappa shape index (κ2) is 7.39. The molecule has 0 rings (SSSR count). The first-order chi connectivity index (χ1) is 6.20. The van der Waals surface area contributed by atoms with Gasteiger partial charge in [-0.1, -0.05) is 6.92 Å². The van der Waals surface area contributed by atoms with E-state index >= 15 is 0 Å². The number of esters is 1. The Morgan fingerprint density at radius 1 is 1.23 bits per heavy atom. The van der Waals surface area contributed by atoms with Gasteiger partial charge in [-0.2, -0.15) is 0 Å². The van der Waals surface area contributed by atoms with E-state index in [9.17, 15) is 9.59 Å². The van der Waals surface area contributed by atoms with Crippen LogP contribution in [0.4, 0.5) is 4.79 Å². The molecule has 0 saturated carbocycles. The third-order valence-corrected chi connectivity index (χ3v) is 1.04. The van der Waals surface area contributed by atoms with Crippen LogP contribution >= 0.6 is 0 Å². The SMILES string of the molecule is [CH2]CCC(=O)OCOC(=O)OCC.